The number of rotatable bonds is 5. The van der Waals surface area contributed by atoms with E-state index in [1.165, 1.54) is 6.08 Å². The normalized spacial score (nSPS) is 10.9. The molecule has 26 heavy (non-hydrogen) atoms. The Bertz CT molecular complexity index is 962. The first kappa shape index (κ1) is 17.3. The molecule has 0 aliphatic heterocycles. The molecule has 0 aliphatic rings. The molecule has 1 aromatic heterocycles. The Balaban J connectivity index is 1.79. The van der Waals surface area contributed by atoms with Gasteiger partial charge in [-0.15, -0.1) is 5.10 Å². The maximum Gasteiger partial charge on any atom is 0.248 e. The molecule has 0 unspecified atom stereocenters. The summed E-state index contributed by atoms with van der Waals surface area (Å²) in [6.07, 6.45) is 3.28. The molecule has 132 valence electrons. The highest BCUT2D eigenvalue weighted by Crippen LogP contribution is 2.26. The first-order valence-corrected chi connectivity index (χ1v) is 8.06. The molecule has 3 aromatic rings. The molecule has 0 saturated carbocycles. The summed E-state index contributed by atoms with van der Waals surface area (Å²) in [5.74, 6) is 0.996. The number of amides is 1. The van der Waals surface area contributed by atoms with E-state index in [1.807, 2.05) is 31.2 Å². The number of methoxy groups -OCH3 is 1. The molecule has 1 N–H and O–H groups in total. The summed E-state index contributed by atoms with van der Waals surface area (Å²) in [5, 5.41) is 14.3. The number of carbonyl (C=O) groups excluding carboxylic acids is 1. The van der Waals surface area contributed by atoms with Gasteiger partial charge in [0, 0.05) is 11.8 Å². The van der Waals surface area contributed by atoms with Crippen molar-refractivity contribution in [2.24, 2.45) is 0 Å². The minimum atomic E-state index is -0.226. The zero-order valence-electron chi connectivity index (χ0n) is 14.8. The molecule has 0 bridgehead atoms. The van der Waals surface area contributed by atoms with Crippen molar-refractivity contribution in [3.8, 4) is 11.4 Å². The molecule has 1 heterocycles. The fourth-order valence-corrected chi connectivity index (χ4v) is 2.52. The van der Waals surface area contributed by atoms with Gasteiger partial charge in [0.05, 0.1) is 7.11 Å². The number of hydrogen-bond donors (Lipinski definition) is 1. The van der Waals surface area contributed by atoms with Crippen molar-refractivity contribution in [1.82, 2.24) is 20.2 Å². The molecule has 7 nitrogen and oxygen atoms in total. The molecule has 0 aliphatic carbocycles. The smallest absolute Gasteiger partial charge is 0.248 e. The second-order valence-corrected chi connectivity index (χ2v) is 5.76. The molecule has 0 fully saturated rings. The lowest BCUT2D eigenvalue weighted by molar-refractivity contribution is -0.111. The number of nitrogens with zero attached hydrogens (tertiary/aromatic N) is 4. The fourth-order valence-electron chi connectivity index (χ4n) is 2.52. The van der Waals surface area contributed by atoms with Crippen LogP contribution in [0.4, 0.5) is 5.69 Å². The maximum atomic E-state index is 12.2. The summed E-state index contributed by atoms with van der Waals surface area (Å²) in [6.45, 7) is 3.80. The third-order valence-electron chi connectivity index (χ3n) is 3.77. The van der Waals surface area contributed by atoms with Crippen molar-refractivity contribution in [2.45, 2.75) is 13.8 Å². The van der Waals surface area contributed by atoms with E-state index >= 15 is 0 Å². The van der Waals surface area contributed by atoms with E-state index < -0.39 is 0 Å². The van der Waals surface area contributed by atoms with Crippen LogP contribution in [0, 0.1) is 13.8 Å². The summed E-state index contributed by atoms with van der Waals surface area (Å²) < 4.78 is 6.91. The monoisotopic (exact) mass is 349 g/mol. The van der Waals surface area contributed by atoms with Gasteiger partial charge in [-0.1, -0.05) is 29.8 Å². The summed E-state index contributed by atoms with van der Waals surface area (Å²) in [6, 6.07) is 13.2. The summed E-state index contributed by atoms with van der Waals surface area (Å²) in [7, 11) is 1.57. The van der Waals surface area contributed by atoms with Crippen molar-refractivity contribution >= 4 is 17.7 Å². The highest BCUT2D eigenvalue weighted by atomic mass is 16.5. The van der Waals surface area contributed by atoms with Crippen LogP contribution in [-0.2, 0) is 4.79 Å². The Hall–Kier alpha value is -3.48. The molecule has 0 atom stereocenters. The van der Waals surface area contributed by atoms with Crippen molar-refractivity contribution in [3.05, 3.63) is 65.5 Å². The lowest BCUT2D eigenvalue weighted by Crippen LogP contribution is -2.09. The number of ether oxygens (including phenoxy) is 1. The van der Waals surface area contributed by atoms with E-state index in [1.54, 1.807) is 43.0 Å². The number of hydrogen-bond acceptors (Lipinski definition) is 5. The van der Waals surface area contributed by atoms with Crippen LogP contribution in [-0.4, -0.2) is 33.2 Å². The predicted octanol–water partition coefficient (Wildman–Crippen LogP) is 2.94. The van der Waals surface area contributed by atoms with E-state index in [2.05, 4.69) is 20.8 Å². The van der Waals surface area contributed by atoms with Crippen molar-refractivity contribution in [1.29, 1.82) is 0 Å². The first-order valence-electron chi connectivity index (χ1n) is 8.06. The average Bonchev–Trinajstić information content (AvgIpc) is 3.06. The minimum absolute atomic E-state index is 0.226. The largest absolute Gasteiger partial charge is 0.494 e. The van der Waals surface area contributed by atoms with Crippen molar-refractivity contribution < 1.29 is 9.53 Å². The number of carbonyl (C=O) groups is 1. The van der Waals surface area contributed by atoms with Gasteiger partial charge in [0.25, 0.3) is 0 Å². The Kier molecular flexibility index (Phi) is 5.07. The van der Waals surface area contributed by atoms with Crippen LogP contribution in [0.3, 0.4) is 0 Å². The summed E-state index contributed by atoms with van der Waals surface area (Å²) in [4.78, 5) is 12.2. The Morgan fingerprint density at radius 2 is 2.04 bits per heavy atom. The van der Waals surface area contributed by atoms with Gasteiger partial charge in [-0.25, -0.2) is 0 Å². The van der Waals surface area contributed by atoms with Crippen LogP contribution in [0.15, 0.2) is 48.5 Å². The third-order valence-corrected chi connectivity index (χ3v) is 3.77. The van der Waals surface area contributed by atoms with E-state index in [0.29, 0.717) is 22.9 Å². The van der Waals surface area contributed by atoms with Gasteiger partial charge < -0.3 is 10.1 Å². The summed E-state index contributed by atoms with van der Waals surface area (Å²) >= 11 is 0. The van der Waals surface area contributed by atoms with Crippen LogP contribution in [0.1, 0.15) is 17.0 Å². The molecule has 0 radical (unpaired) electrons. The van der Waals surface area contributed by atoms with Crippen LogP contribution < -0.4 is 10.1 Å². The number of nitrogens with one attached hydrogen (secondary N) is 1. The molecular weight excluding hydrogens is 330 g/mol. The first-order chi connectivity index (χ1) is 12.6. The minimum Gasteiger partial charge on any atom is -0.494 e. The number of benzene rings is 2. The van der Waals surface area contributed by atoms with Crippen LogP contribution in [0.2, 0.25) is 0 Å². The lowest BCUT2D eigenvalue weighted by atomic mass is 10.1. The Labute approximate surface area is 151 Å². The zero-order valence-corrected chi connectivity index (χ0v) is 14.8. The highest BCUT2D eigenvalue weighted by Gasteiger charge is 2.11. The van der Waals surface area contributed by atoms with Crippen LogP contribution in [0.5, 0.6) is 5.75 Å². The van der Waals surface area contributed by atoms with Crippen LogP contribution in [0.25, 0.3) is 11.8 Å². The van der Waals surface area contributed by atoms with Gasteiger partial charge in [0.2, 0.25) is 5.91 Å². The zero-order chi connectivity index (χ0) is 18.5. The lowest BCUT2D eigenvalue weighted by Gasteiger charge is -2.11. The molecule has 1 amide bonds. The predicted molar refractivity (Wildman–Crippen MR) is 99.3 cm³/mol. The quantitative estimate of drug-likeness (QED) is 0.716. The number of aryl methyl sites for hydroxylation is 2. The second kappa shape index (κ2) is 7.60. The van der Waals surface area contributed by atoms with Gasteiger partial charge >= 0.3 is 0 Å². The molecule has 0 spiro atoms. The van der Waals surface area contributed by atoms with Crippen LogP contribution >= 0.6 is 0 Å². The van der Waals surface area contributed by atoms with Gasteiger partial charge in [-0.05, 0) is 54.1 Å². The number of tetrazole rings is 1. The fraction of sp³-hybridized carbons (Fsp3) is 0.158. The standard InChI is InChI=1S/C19H19N5O2/c1-13-5-4-6-15(11-13)7-10-19(25)20-16-8-9-18(26-3)17(12-16)24-14(2)21-22-23-24/h4-12H,1-3H3,(H,20,25)/b10-7-. The van der Waals surface area contributed by atoms with E-state index in [0.717, 1.165) is 11.1 Å². The molecular formula is C19H19N5O2. The molecule has 7 heteroatoms. The van der Waals surface area contributed by atoms with E-state index in [-0.39, 0.29) is 5.91 Å². The second-order valence-electron chi connectivity index (χ2n) is 5.76. The Morgan fingerprint density at radius 1 is 1.19 bits per heavy atom. The highest BCUT2D eigenvalue weighted by molar-refractivity contribution is 6.02. The maximum absolute atomic E-state index is 12.2. The van der Waals surface area contributed by atoms with Gasteiger partial charge in [0.1, 0.15) is 11.4 Å². The SMILES string of the molecule is COc1ccc(NC(=O)/C=C\c2cccc(C)c2)cc1-n1nnnc1C. The topological polar surface area (TPSA) is 81.9 Å². The number of anilines is 1. The van der Waals surface area contributed by atoms with Gasteiger partial charge in [0.15, 0.2) is 5.82 Å². The molecule has 2 aromatic carbocycles. The summed E-state index contributed by atoms with van der Waals surface area (Å²) in [5.41, 5.74) is 3.38. The van der Waals surface area contributed by atoms with Crippen molar-refractivity contribution in [2.75, 3.05) is 12.4 Å². The molecule has 0 saturated heterocycles. The van der Waals surface area contributed by atoms with Gasteiger partial charge in [-0.2, -0.15) is 4.68 Å². The number of aromatic nitrogens is 4. The van der Waals surface area contributed by atoms with E-state index in [4.69, 9.17) is 4.74 Å². The average molecular weight is 349 g/mol. The molecule has 3 rings (SSSR count). The van der Waals surface area contributed by atoms with Gasteiger partial charge in [-0.3, -0.25) is 4.79 Å². The Morgan fingerprint density at radius 3 is 2.73 bits per heavy atom. The third kappa shape index (κ3) is 3.94. The van der Waals surface area contributed by atoms with Crippen molar-refractivity contribution in [3.63, 3.8) is 0 Å². The van der Waals surface area contributed by atoms with E-state index in [9.17, 15) is 4.79 Å².